The molecule has 2 N–H and O–H groups in total. The highest BCUT2D eigenvalue weighted by molar-refractivity contribution is 5.90. The summed E-state index contributed by atoms with van der Waals surface area (Å²) in [5, 5.41) is 6.38. The average Bonchev–Trinajstić information content (AvgIpc) is 3.45. The van der Waals surface area contributed by atoms with Crippen molar-refractivity contribution in [3.05, 3.63) is 64.7 Å². The minimum absolute atomic E-state index is 0.0576. The van der Waals surface area contributed by atoms with Gasteiger partial charge in [-0.05, 0) is 66.1 Å². The van der Waals surface area contributed by atoms with Crippen molar-refractivity contribution in [3.63, 3.8) is 0 Å². The summed E-state index contributed by atoms with van der Waals surface area (Å²) in [5.74, 6) is 0.273. The van der Waals surface area contributed by atoms with Crippen LogP contribution in [-0.2, 0) is 24.1 Å². The first-order chi connectivity index (χ1) is 18.9. The van der Waals surface area contributed by atoms with Crippen molar-refractivity contribution in [1.82, 2.24) is 5.32 Å². The minimum atomic E-state index is -4.32. The lowest BCUT2D eigenvalue weighted by Gasteiger charge is -2.19. The van der Waals surface area contributed by atoms with E-state index in [0.717, 1.165) is 60.9 Å². The van der Waals surface area contributed by atoms with Gasteiger partial charge in [0.1, 0.15) is 0 Å². The van der Waals surface area contributed by atoms with Crippen LogP contribution in [0.1, 0.15) is 131 Å². The number of amides is 1. The van der Waals surface area contributed by atoms with Gasteiger partial charge >= 0.3 is 6.18 Å². The molecule has 216 valence electrons. The number of hydrogen-bond donors (Lipinski definition) is 2. The number of carbonyl (C=O) groups excluding carboxylic acids is 1. The van der Waals surface area contributed by atoms with Gasteiger partial charge in [-0.3, -0.25) is 4.79 Å². The summed E-state index contributed by atoms with van der Waals surface area (Å²) in [5.41, 5.74) is 3.10. The number of halogens is 3. The second-order valence-corrected chi connectivity index (χ2v) is 11.2. The van der Waals surface area contributed by atoms with Gasteiger partial charge in [-0.2, -0.15) is 13.2 Å². The molecule has 0 unspecified atom stereocenters. The van der Waals surface area contributed by atoms with Crippen molar-refractivity contribution in [2.24, 2.45) is 0 Å². The number of rotatable bonds is 17. The normalized spacial score (nSPS) is 14.2. The van der Waals surface area contributed by atoms with E-state index in [0.29, 0.717) is 19.5 Å². The van der Waals surface area contributed by atoms with Crippen molar-refractivity contribution in [3.8, 4) is 0 Å². The fourth-order valence-electron chi connectivity index (χ4n) is 5.59. The van der Waals surface area contributed by atoms with Crippen molar-refractivity contribution < 1.29 is 18.0 Å². The summed E-state index contributed by atoms with van der Waals surface area (Å²) in [7, 11) is 0. The molecule has 1 aliphatic carbocycles. The van der Waals surface area contributed by atoms with Gasteiger partial charge in [-0.25, -0.2) is 0 Å². The standard InChI is InChI=1S/C33H47F3N2O/c1-2-3-4-5-6-7-8-9-10-11-16-32(39)38-30-21-17-26(18-22-30)24-37-25-28-19-20-29(33(34,35)36)23-31(28)27-14-12-13-15-27/h17-23,27,37H,2-16,24-25H2,1H3,(H,38,39). The average molecular weight is 545 g/mol. The molecule has 0 spiro atoms. The Labute approximate surface area is 233 Å². The van der Waals surface area contributed by atoms with Gasteiger partial charge in [0, 0.05) is 25.2 Å². The molecular weight excluding hydrogens is 497 g/mol. The quantitative estimate of drug-likeness (QED) is 0.195. The van der Waals surface area contributed by atoms with E-state index >= 15 is 0 Å². The van der Waals surface area contributed by atoms with Crippen LogP contribution in [0, 0.1) is 0 Å². The zero-order valence-corrected chi connectivity index (χ0v) is 23.7. The lowest BCUT2D eigenvalue weighted by Crippen LogP contribution is -2.16. The van der Waals surface area contributed by atoms with Crippen LogP contribution in [0.4, 0.5) is 18.9 Å². The van der Waals surface area contributed by atoms with E-state index in [1.165, 1.54) is 63.5 Å². The van der Waals surface area contributed by atoms with Crippen LogP contribution in [0.25, 0.3) is 0 Å². The molecule has 6 heteroatoms. The fraction of sp³-hybridized carbons (Fsp3) is 0.606. The predicted molar refractivity (Wildman–Crippen MR) is 155 cm³/mol. The second-order valence-electron chi connectivity index (χ2n) is 11.2. The van der Waals surface area contributed by atoms with Crippen molar-refractivity contribution in [2.45, 2.75) is 128 Å². The molecule has 2 aromatic carbocycles. The molecule has 1 amide bonds. The summed E-state index contributed by atoms with van der Waals surface area (Å²) in [6.45, 7) is 3.38. The monoisotopic (exact) mass is 544 g/mol. The van der Waals surface area contributed by atoms with Crippen molar-refractivity contribution in [1.29, 1.82) is 0 Å². The van der Waals surface area contributed by atoms with Gasteiger partial charge in [-0.1, -0.05) is 95.8 Å². The van der Waals surface area contributed by atoms with E-state index in [4.69, 9.17) is 0 Å². The number of carbonyl (C=O) groups is 1. The van der Waals surface area contributed by atoms with Gasteiger partial charge in [0.25, 0.3) is 0 Å². The molecule has 0 heterocycles. The molecule has 0 radical (unpaired) electrons. The van der Waals surface area contributed by atoms with Crippen LogP contribution in [-0.4, -0.2) is 5.91 Å². The maximum atomic E-state index is 13.3. The smallest absolute Gasteiger partial charge is 0.326 e. The molecular formula is C33H47F3N2O. The Morgan fingerprint density at radius 1 is 0.821 bits per heavy atom. The molecule has 39 heavy (non-hydrogen) atoms. The predicted octanol–water partition coefficient (Wildman–Crippen LogP) is 9.90. The molecule has 1 aliphatic rings. The highest BCUT2D eigenvalue weighted by atomic mass is 19.4. The van der Waals surface area contributed by atoms with Gasteiger partial charge in [0.15, 0.2) is 0 Å². The molecule has 2 aromatic rings. The van der Waals surface area contributed by atoms with Crippen LogP contribution < -0.4 is 10.6 Å². The van der Waals surface area contributed by atoms with Crippen LogP contribution in [0.2, 0.25) is 0 Å². The number of nitrogens with one attached hydrogen (secondary N) is 2. The number of anilines is 1. The van der Waals surface area contributed by atoms with Gasteiger partial charge < -0.3 is 10.6 Å². The highest BCUT2D eigenvalue weighted by Gasteiger charge is 2.32. The Hall–Kier alpha value is -2.34. The highest BCUT2D eigenvalue weighted by Crippen LogP contribution is 2.39. The Balaban J connectivity index is 1.36. The number of unbranched alkanes of at least 4 members (excludes halogenated alkanes) is 9. The lowest BCUT2D eigenvalue weighted by atomic mass is 9.91. The molecule has 0 aromatic heterocycles. The van der Waals surface area contributed by atoms with Crippen LogP contribution >= 0.6 is 0 Å². The third kappa shape index (κ3) is 11.4. The van der Waals surface area contributed by atoms with Crippen LogP contribution in [0.5, 0.6) is 0 Å². The number of alkyl halides is 3. The first-order valence-corrected chi connectivity index (χ1v) is 15.2. The first kappa shape index (κ1) is 31.2. The summed E-state index contributed by atoms with van der Waals surface area (Å²) >= 11 is 0. The van der Waals surface area contributed by atoms with Crippen molar-refractivity contribution >= 4 is 11.6 Å². The minimum Gasteiger partial charge on any atom is -0.326 e. The summed E-state index contributed by atoms with van der Waals surface area (Å²) in [6, 6.07) is 12.0. The van der Waals surface area contributed by atoms with Crippen molar-refractivity contribution in [2.75, 3.05) is 5.32 Å². The molecule has 0 bridgehead atoms. The Morgan fingerprint density at radius 2 is 1.44 bits per heavy atom. The zero-order chi connectivity index (χ0) is 27.9. The van der Waals surface area contributed by atoms with Crippen LogP contribution in [0.3, 0.4) is 0 Å². The Bertz CT molecular complexity index is 981. The Morgan fingerprint density at radius 3 is 2.05 bits per heavy atom. The maximum absolute atomic E-state index is 13.3. The van der Waals surface area contributed by atoms with E-state index in [1.54, 1.807) is 6.07 Å². The molecule has 3 rings (SSSR count). The third-order valence-electron chi connectivity index (χ3n) is 7.91. The van der Waals surface area contributed by atoms with E-state index in [1.807, 2.05) is 24.3 Å². The molecule has 0 atom stereocenters. The second kappa shape index (κ2) is 16.7. The van der Waals surface area contributed by atoms with Gasteiger partial charge in [0.05, 0.1) is 5.56 Å². The van der Waals surface area contributed by atoms with Gasteiger partial charge in [0.2, 0.25) is 5.91 Å². The zero-order valence-electron chi connectivity index (χ0n) is 23.7. The van der Waals surface area contributed by atoms with E-state index in [-0.39, 0.29) is 11.8 Å². The summed E-state index contributed by atoms with van der Waals surface area (Å²) in [4.78, 5) is 12.3. The molecule has 3 nitrogen and oxygen atoms in total. The molecule has 1 saturated carbocycles. The maximum Gasteiger partial charge on any atom is 0.416 e. The molecule has 1 fully saturated rings. The lowest BCUT2D eigenvalue weighted by molar-refractivity contribution is -0.137. The first-order valence-electron chi connectivity index (χ1n) is 15.2. The summed E-state index contributed by atoms with van der Waals surface area (Å²) in [6.07, 6.45) is 12.8. The number of benzene rings is 2. The van der Waals surface area contributed by atoms with Crippen LogP contribution in [0.15, 0.2) is 42.5 Å². The third-order valence-corrected chi connectivity index (χ3v) is 7.91. The topological polar surface area (TPSA) is 41.1 Å². The van der Waals surface area contributed by atoms with Gasteiger partial charge in [-0.15, -0.1) is 0 Å². The van der Waals surface area contributed by atoms with E-state index in [2.05, 4.69) is 17.6 Å². The largest absolute Gasteiger partial charge is 0.416 e. The molecule has 0 aliphatic heterocycles. The SMILES string of the molecule is CCCCCCCCCCCCC(=O)Nc1ccc(CNCc2ccc(C(F)(F)F)cc2C2CCCC2)cc1. The Kier molecular flexibility index (Phi) is 13.3. The fourth-order valence-corrected chi connectivity index (χ4v) is 5.59. The number of hydrogen-bond acceptors (Lipinski definition) is 2. The van der Waals surface area contributed by atoms with E-state index < -0.39 is 11.7 Å². The summed E-state index contributed by atoms with van der Waals surface area (Å²) < 4.78 is 39.9. The molecule has 0 saturated heterocycles. The van der Waals surface area contributed by atoms with E-state index in [9.17, 15) is 18.0 Å².